The van der Waals surface area contributed by atoms with Gasteiger partial charge in [-0.25, -0.2) is 13.1 Å². The van der Waals surface area contributed by atoms with Gasteiger partial charge in [-0.05, 0) is 50.1 Å². The zero-order valence-electron chi connectivity index (χ0n) is 13.7. The van der Waals surface area contributed by atoms with Crippen molar-refractivity contribution >= 4 is 21.6 Å². The second-order valence-electron chi connectivity index (χ2n) is 5.42. The number of sulfonamides is 1. The van der Waals surface area contributed by atoms with Crippen LogP contribution in [0.4, 0.5) is 5.69 Å². The third-order valence-corrected chi connectivity index (χ3v) is 4.83. The number of hydrogen-bond acceptors (Lipinski definition) is 4. The van der Waals surface area contributed by atoms with E-state index in [9.17, 15) is 13.2 Å². The first-order valence-electron chi connectivity index (χ1n) is 8.09. The van der Waals surface area contributed by atoms with E-state index in [1.54, 1.807) is 12.1 Å². The number of benzene rings is 1. The Balaban J connectivity index is 2.46. The molecule has 0 aliphatic rings. The molecule has 6 nitrogen and oxygen atoms in total. The van der Waals surface area contributed by atoms with Crippen LogP contribution < -0.4 is 15.8 Å². The van der Waals surface area contributed by atoms with E-state index in [0.29, 0.717) is 25.2 Å². The van der Waals surface area contributed by atoms with Crippen LogP contribution in [-0.4, -0.2) is 27.4 Å². The average Bonchev–Trinajstić information content (AvgIpc) is 2.53. The van der Waals surface area contributed by atoms with E-state index < -0.39 is 10.0 Å². The van der Waals surface area contributed by atoms with Gasteiger partial charge in [-0.1, -0.05) is 19.8 Å². The molecule has 130 valence electrons. The van der Waals surface area contributed by atoms with Crippen LogP contribution in [0.15, 0.2) is 29.2 Å². The lowest BCUT2D eigenvalue weighted by molar-refractivity contribution is -0.116. The lowest BCUT2D eigenvalue weighted by Crippen LogP contribution is -2.24. The first kappa shape index (κ1) is 19.6. The smallest absolute Gasteiger partial charge is 0.240 e. The fourth-order valence-electron chi connectivity index (χ4n) is 2.04. The lowest BCUT2D eigenvalue weighted by atomic mass is 10.1. The van der Waals surface area contributed by atoms with E-state index in [1.807, 2.05) is 6.92 Å². The van der Waals surface area contributed by atoms with Gasteiger partial charge >= 0.3 is 0 Å². The Hall–Kier alpha value is -1.44. The molecule has 0 heterocycles. The van der Waals surface area contributed by atoms with Crippen LogP contribution in [0.3, 0.4) is 0 Å². The molecule has 0 aliphatic heterocycles. The summed E-state index contributed by atoms with van der Waals surface area (Å²) in [6.45, 7) is 3.00. The summed E-state index contributed by atoms with van der Waals surface area (Å²) in [5.41, 5.74) is 6.02. The quantitative estimate of drug-likeness (QED) is 0.537. The van der Waals surface area contributed by atoms with Gasteiger partial charge in [-0.2, -0.15) is 0 Å². The van der Waals surface area contributed by atoms with Crippen LogP contribution in [0, 0.1) is 0 Å². The number of rotatable bonds is 11. The molecule has 1 amide bonds. The second kappa shape index (κ2) is 10.4. The second-order valence-corrected chi connectivity index (χ2v) is 7.19. The van der Waals surface area contributed by atoms with Gasteiger partial charge in [0.1, 0.15) is 0 Å². The molecule has 0 saturated heterocycles. The van der Waals surface area contributed by atoms with Gasteiger partial charge in [0.05, 0.1) is 4.90 Å². The number of carbonyl (C=O) groups is 1. The Labute approximate surface area is 138 Å². The molecule has 0 unspecified atom stereocenters. The van der Waals surface area contributed by atoms with Crippen LogP contribution in [0.25, 0.3) is 0 Å². The minimum atomic E-state index is -3.46. The largest absolute Gasteiger partial charge is 0.330 e. The minimum Gasteiger partial charge on any atom is -0.330 e. The van der Waals surface area contributed by atoms with E-state index in [4.69, 9.17) is 5.73 Å². The van der Waals surface area contributed by atoms with Gasteiger partial charge in [0, 0.05) is 18.7 Å². The molecule has 0 saturated carbocycles. The summed E-state index contributed by atoms with van der Waals surface area (Å²) in [5, 5.41) is 2.78. The summed E-state index contributed by atoms with van der Waals surface area (Å²) in [6.07, 6.45) is 5.05. The zero-order chi connectivity index (χ0) is 17.1. The number of nitrogens with two attached hydrogens (primary N) is 1. The van der Waals surface area contributed by atoms with Crippen LogP contribution in [0.2, 0.25) is 0 Å². The first-order valence-corrected chi connectivity index (χ1v) is 9.57. The normalized spacial score (nSPS) is 11.4. The molecule has 1 aromatic rings. The average molecular weight is 341 g/mol. The minimum absolute atomic E-state index is 0.0579. The summed E-state index contributed by atoms with van der Waals surface area (Å²) in [6, 6.07) is 6.20. The molecule has 23 heavy (non-hydrogen) atoms. The number of amides is 1. The van der Waals surface area contributed by atoms with Crippen molar-refractivity contribution in [1.82, 2.24) is 4.72 Å². The molecular weight excluding hydrogens is 314 g/mol. The van der Waals surface area contributed by atoms with Crippen molar-refractivity contribution in [3.05, 3.63) is 24.3 Å². The van der Waals surface area contributed by atoms with Crippen LogP contribution in [-0.2, 0) is 14.8 Å². The summed E-state index contributed by atoms with van der Waals surface area (Å²) in [7, 11) is -3.46. The number of nitrogens with one attached hydrogen (secondary N) is 2. The predicted octanol–water partition coefficient (Wildman–Crippen LogP) is 2.22. The van der Waals surface area contributed by atoms with E-state index in [0.717, 1.165) is 32.1 Å². The summed E-state index contributed by atoms with van der Waals surface area (Å²) < 4.78 is 26.4. The first-order chi connectivity index (χ1) is 11.0. The molecule has 7 heteroatoms. The number of hydrogen-bond donors (Lipinski definition) is 3. The summed E-state index contributed by atoms with van der Waals surface area (Å²) >= 11 is 0. The van der Waals surface area contributed by atoms with Crippen molar-refractivity contribution in [3.8, 4) is 0 Å². The van der Waals surface area contributed by atoms with Crippen molar-refractivity contribution in [1.29, 1.82) is 0 Å². The van der Waals surface area contributed by atoms with Gasteiger partial charge in [0.2, 0.25) is 15.9 Å². The highest BCUT2D eigenvalue weighted by atomic mass is 32.2. The summed E-state index contributed by atoms with van der Waals surface area (Å²) in [5.74, 6) is -0.0579. The summed E-state index contributed by atoms with van der Waals surface area (Å²) in [4.78, 5) is 12.0. The van der Waals surface area contributed by atoms with Crippen LogP contribution in [0.5, 0.6) is 0 Å². The van der Waals surface area contributed by atoms with Crippen molar-refractivity contribution in [2.75, 3.05) is 18.4 Å². The molecule has 0 radical (unpaired) electrons. The number of unbranched alkanes of at least 4 members (excludes halogenated alkanes) is 3. The molecule has 0 fully saturated rings. The van der Waals surface area contributed by atoms with E-state index in [2.05, 4.69) is 10.0 Å². The topological polar surface area (TPSA) is 101 Å². The molecular formula is C16H27N3O3S. The number of anilines is 1. The fraction of sp³-hybridized carbons (Fsp3) is 0.562. The van der Waals surface area contributed by atoms with Gasteiger partial charge in [-0.15, -0.1) is 0 Å². The third-order valence-electron chi connectivity index (χ3n) is 3.35. The third kappa shape index (κ3) is 7.58. The van der Waals surface area contributed by atoms with Crippen molar-refractivity contribution in [3.63, 3.8) is 0 Å². The van der Waals surface area contributed by atoms with Crippen LogP contribution in [0.1, 0.15) is 45.4 Å². The highest BCUT2D eigenvalue weighted by molar-refractivity contribution is 7.89. The highest BCUT2D eigenvalue weighted by Gasteiger charge is 2.12. The molecule has 1 aromatic carbocycles. The highest BCUT2D eigenvalue weighted by Crippen LogP contribution is 2.14. The van der Waals surface area contributed by atoms with Crippen LogP contribution >= 0.6 is 0 Å². The van der Waals surface area contributed by atoms with Gasteiger partial charge in [0.25, 0.3) is 0 Å². The Morgan fingerprint density at radius 1 is 1.09 bits per heavy atom. The standard InChI is InChI=1S/C16H27N3O3S/c1-2-13-18-23(21,22)15-10-8-14(9-11-15)19-16(20)7-5-3-4-6-12-17/h8-11,18H,2-7,12-13,17H2,1H3,(H,19,20). The Morgan fingerprint density at radius 3 is 2.35 bits per heavy atom. The predicted molar refractivity (Wildman–Crippen MR) is 92.7 cm³/mol. The maximum atomic E-state index is 11.9. The van der Waals surface area contributed by atoms with E-state index in [1.165, 1.54) is 12.1 Å². The van der Waals surface area contributed by atoms with Crippen molar-refractivity contribution < 1.29 is 13.2 Å². The molecule has 0 bridgehead atoms. The Bertz CT molecular complexity index is 571. The number of carbonyl (C=O) groups excluding carboxylic acids is 1. The maximum Gasteiger partial charge on any atom is 0.240 e. The Kier molecular flexibility index (Phi) is 8.83. The SMILES string of the molecule is CCCNS(=O)(=O)c1ccc(NC(=O)CCCCCCN)cc1. The van der Waals surface area contributed by atoms with Crippen molar-refractivity contribution in [2.45, 2.75) is 50.3 Å². The lowest BCUT2D eigenvalue weighted by Gasteiger charge is -2.08. The van der Waals surface area contributed by atoms with Gasteiger partial charge in [-0.3, -0.25) is 4.79 Å². The van der Waals surface area contributed by atoms with Crippen molar-refractivity contribution in [2.24, 2.45) is 5.73 Å². The molecule has 1 rings (SSSR count). The van der Waals surface area contributed by atoms with Gasteiger partial charge < -0.3 is 11.1 Å². The maximum absolute atomic E-state index is 11.9. The monoisotopic (exact) mass is 341 g/mol. The van der Waals surface area contributed by atoms with Gasteiger partial charge in [0.15, 0.2) is 0 Å². The van der Waals surface area contributed by atoms with E-state index in [-0.39, 0.29) is 10.8 Å². The molecule has 0 spiro atoms. The van der Waals surface area contributed by atoms with E-state index >= 15 is 0 Å². The zero-order valence-corrected chi connectivity index (χ0v) is 14.5. The Morgan fingerprint density at radius 2 is 1.74 bits per heavy atom. The molecule has 0 aliphatic carbocycles. The molecule has 0 atom stereocenters. The fourth-order valence-corrected chi connectivity index (χ4v) is 3.18. The molecule has 4 N–H and O–H groups in total. The molecule has 0 aromatic heterocycles.